The molecule has 0 heterocycles. The topological polar surface area (TPSA) is 29.1 Å². The highest BCUT2D eigenvalue weighted by Gasteiger charge is 1.94. The fourth-order valence-corrected chi connectivity index (χ4v) is 1.07. The lowest BCUT2D eigenvalue weighted by Crippen LogP contribution is -2.03. The van der Waals surface area contributed by atoms with E-state index in [-0.39, 0.29) is 0 Å². The van der Waals surface area contributed by atoms with E-state index in [1.165, 1.54) is 0 Å². The van der Waals surface area contributed by atoms with Crippen LogP contribution >= 0.6 is 0 Å². The Labute approximate surface area is 78.3 Å². The van der Waals surface area contributed by atoms with Gasteiger partial charge in [-0.15, -0.1) is 0 Å². The van der Waals surface area contributed by atoms with Gasteiger partial charge < -0.3 is 5.32 Å². The second-order valence-corrected chi connectivity index (χ2v) is 2.71. The van der Waals surface area contributed by atoms with E-state index in [0.717, 1.165) is 24.0 Å². The summed E-state index contributed by atoms with van der Waals surface area (Å²) in [7, 11) is 1.88. The molecule has 0 spiro atoms. The van der Waals surface area contributed by atoms with Gasteiger partial charge in [0, 0.05) is 12.1 Å². The lowest BCUT2D eigenvalue weighted by molar-refractivity contribution is 0.112. The van der Waals surface area contributed by atoms with Crippen LogP contribution in [0.3, 0.4) is 0 Å². The molecule has 0 aromatic heterocycles. The Morgan fingerprint density at radius 3 is 2.62 bits per heavy atom. The van der Waals surface area contributed by atoms with Gasteiger partial charge in [-0.05, 0) is 12.6 Å². The number of hydrogen-bond donors (Lipinski definition) is 1. The van der Waals surface area contributed by atoms with Crippen molar-refractivity contribution in [2.24, 2.45) is 0 Å². The Morgan fingerprint density at radius 2 is 2.00 bits per heavy atom. The average molecular weight is 175 g/mol. The molecule has 0 saturated carbocycles. The Kier molecular flexibility index (Phi) is 3.93. The molecule has 0 bridgehead atoms. The highest BCUT2D eigenvalue weighted by Crippen LogP contribution is 2.07. The zero-order valence-corrected chi connectivity index (χ0v) is 7.66. The Balaban J connectivity index is 2.80. The van der Waals surface area contributed by atoms with Crippen molar-refractivity contribution in [3.8, 4) is 0 Å². The van der Waals surface area contributed by atoms with Gasteiger partial charge in [0.2, 0.25) is 0 Å². The van der Waals surface area contributed by atoms with Gasteiger partial charge in [-0.3, -0.25) is 4.79 Å². The van der Waals surface area contributed by atoms with Gasteiger partial charge in [-0.25, -0.2) is 0 Å². The molecule has 0 radical (unpaired) electrons. The van der Waals surface area contributed by atoms with Gasteiger partial charge in [0.05, 0.1) is 0 Å². The summed E-state index contributed by atoms with van der Waals surface area (Å²) in [6.07, 6.45) is 4.81. The molecule has 13 heavy (non-hydrogen) atoms. The Bertz CT molecular complexity index is 305. The predicted molar refractivity (Wildman–Crippen MR) is 54.8 cm³/mol. The molecule has 0 amide bonds. The van der Waals surface area contributed by atoms with Gasteiger partial charge in [0.1, 0.15) is 0 Å². The number of nitrogens with one attached hydrogen (secondary N) is 1. The monoisotopic (exact) mass is 175 g/mol. The third kappa shape index (κ3) is 2.84. The van der Waals surface area contributed by atoms with Crippen LogP contribution < -0.4 is 5.32 Å². The molecule has 0 aliphatic carbocycles. The van der Waals surface area contributed by atoms with Gasteiger partial charge in [0.25, 0.3) is 0 Å². The lowest BCUT2D eigenvalue weighted by atomic mass is 10.1. The molecule has 2 heteroatoms. The summed E-state index contributed by atoms with van der Waals surface area (Å²) >= 11 is 0. The molecule has 1 aromatic rings. The number of benzene rings is 1. The quantitative estimate of drug-likeness (QED) is 0.706. The first-order valence-electron chi connectivity index (χ1n) is 4.24. The molecule has 68 valence electrons. The zero-order valence-electron chi connectivity index (χ0n) is 7.66. The molecule has 0 aliphatic heterocycles. The van der Waals surface area contributed by atoms with Crippen LogP contribution in [0.25, 0.3) is 6.08 Å². The van der Waals surface area contributed by atoms with Gasteiger partial charge >= 0.3 is 0 Å². The average Bonchev–Trinajstić information content (AvgIpc) is 2.19. The maximum Gasteiger partial charge on any atom is 0.150 e. The molecule has 0 fully saturated rings. The van der Waals surface area contributed by atoms with E-state index in [2.05, 4.69) is 5.32 Å². The molecule has 0 saturated heterocycles. The zero-order chi connectivity index (χ0) is 9.52. The number of aldehydes is 1. The van der Waals surface area contributed by atoms with Crippen LogP contribution in [0.15, 0.2) is 30.3 Å². The summed E-state index contributed by atoms with van der Waals surface area (Å²) in [5.41, 5.74) is 1.70. The number of likely N-dealkylation sites (N-methyl/N-ethyl adjacent to an activating group) is 1. The van der Waals surface area contributed by atoms with Crippen LogP contribution in [0.1, 0.15) is 15.9 Å². The predicted octanol–water partition coefficient (Wildman–Crippen LogP) is 1.73. The minimum atomic E-state index is 0.731. The summed E-state index contributed by atoms with van der Waals surface area (Å²) < 4.78 is 0. The van der Waals surface area contributed by atoms with Crippen molar-refractivity contribution in [2.75, 3.05) is 13.6 Å². The van der Waals surface area contributed by atoms with E-state index in [1.807, 2.05) is 43.5 Å². The first kappa shape index (κ1) is 9.68. The second-order valence-electron chi connectivity index (χ2n) is 2.71. The summed E-state index contributed by atoms with van der Waals surface area (Å²) in [4.78, 5) is 10.6. The number of carbonyl (C=O) groups excluding carboxylic acids is 1. The Morgan fingerprint density at radius 1 is 1.31 bits per heavy atom. The molecule has 0 unspecified atom stereocenters. The van der Waals surface area contributed by atoms with Crippen LogP contribution in [0.2, 0.25) is 0 Å². The lowest BCUT2D eigenvalue weighted by Gasteiger charge is -1.96. The van der Waals surface area contributed by atoms with Crippen molar-refractivity contribution in [1.29, 1.82) is 0 Å². The van der Waals surface area contributed by atoms with Crippen LogP contribution in [0.4, 0.5) is 0 Å². The maximum absolute atomic E-state index is 10.6. The van der Waals surface area contributed by atoms with E-state index in [1.54, 1.807) is 0 Å². The summed E-state index contributed by atoms with van der Waals surface area (Å²) in [6.45, 7) is 0.813. The molecule has 1 aromatic carbocycles. The first-order valence-corrected chi connectivity index (χ1v) is 4.24. The fraction of sp³-hybridized carbons (Fsp3) is 0.182. The van der Waals surface area contributed by atoms with E-state index in [4.69, 9.17) is 0 Å². The molecular formula is C11H13NO. The van der Waals surface area contributed by atoms with Gasteiger partial charge in [0.15, 0.2) is 6.29 Å². The number of carbonyl (C=O) groups is 1. The minimum absolute atomic E-state index is 0.731. The van der Waals surface area contributed by atoms with Crippen LogP contribution in [-0.2, 0) is 0 Å². The molecular weight excluding hydrogens is 162 g/mol. The smallest absolute Gasteiger partial charge is 0.150 e. The highest BCUT2D eigenvalue weighted by molar-refractivity contribution is 5.81. The minimum Gasteiger partial charge on any atom is -0.316 e. The van der Waals surface area contributed by atoms with Crippen LogP contribution in [-0.4, -0.2) is 19.9 Å². The summed E-state index contributed by atoms with van der Waals surface area (Å²) in [6, 6.07) is 7.52. The van der Waals surface area contributed by atoms with Gasteiger partial charge in [-0.2, -0.15) is 0 Å². The van der Waals surface area contributed by atoms with Crippen molar-refractivity contribution in [3.63, 3.8) is 0 Å². The SMILES string of the molecule is CNCC=Cc1ccccc1C=O. The normalized spacial score (nSPS) is 10.5. The van der Waals surface area contributed by atoms with E-state index in [0.29, 0.717) is 0 Å². The standard InChI is InChI=1S/C11H13NO/c1-12-8-4-7-10-5-2-3-6-11(10)9-13/h2-7,9,12H,8H2,1H3. The van der Waals surface area contributed by atoms with E-state index >= 15 is 0 Å². The highest BCUT2D eigenvalue weighted by atomic mass is 16.1. The van der Waals surface area contributed by atoms with Crippen molar-refractivity contribution >= 4 is 12.4 Å². The third-order valence-corrected chi connectivity index (χ3v) is 1.74. The van der Waals surface area contributed by atoms with Crippen molar-refractivity contribution in [3.05, 3.63) is 41.5 Å². The van der Waals surface area contributed by atoms with Crippen molar-refractivity contribution in [1.82, 2.24) is 5.32 Å². The largest absolute Gasteiger partial charge is 0.316 e. The van der Waals surface area contributed by atoms with E-state index in [9.17, 15) is 4.79 Å². The van der Waals surface area contributed by atoms with E-state index < -0.39 is 0 Å². The second kappa shape index (κ2) is 5.27. The third-order valence-electron chi connectivity index (χ3n) is 1.74. The molecule has 1 N–H and O–H groups in total. The summed E-state index contributed by atoms with van der Waals surface area (Å²) in [5, 5.41) is 3.00. The molecule has 0 aliphatic rings. The summed E-state index contributed by atoms with van der Waals surface area (Å²) in [5.74, 6) is 0. The molecule has 0 atom stereocenters. The van der Waals surface area contributed by atoms with Crippen molar-refractivity contribution in [2.45, 2.75) is 0 Å². The molecule has 2 nitrogen and oxygen atoms in total. The van der Waals surface area contributed by atoms with Crippen LogP contribution in [0, 0.1) is 0 Å². The maximum atomic E-state index is 10.6. The fourth-order valence-electron chi connectivity index (χ4n) is 1.07. The van der Waals surface area contributed by atoms with Gasteiger partial charge in [-0.1, -0.05) is 36.4 Å². The number of rotatable bonds is 4. The molecule has 1 rings (SSSR count). The Hall–Kier alpha value is -1.41. The number of hydrogen-bond acceptors (Lipinski definition) is 2. The van der Waals surface area contributed by atoms with Crippen LogP contribution in [0.5, 0.6) is 0 Å². The first-order chi connectivity index (χ1) is 6.38. The van der Waals surface area contributed by atoms with Crippen molar-refractivity contribution < 1.29 is 4.79 Å².